The molecule has 0 aromatic rings. The molecule has 72 valence electrons. The Balaban J connectivity index is 2.01. The van der Waals surface area contributed by atoms with Gasteiger partial charge in [0, 0.05) is 37.4 Å². The van der Waals surface area contributed by atoms with Crippen molar-refractivity contribution in [3.05, 3.63) is 0 Å². The highest BCUT2D eigenvalue weighted by molar-refractivity contribution is 7.77. The van der Waals surface area contributed by atoms with Gasteiger partial charge in [-0.2, -0.15) is 0 Å². The van der Waals surface area contributed by atoms with Crippen LogP contribution >= 0.6 is 0 Å². The van der Waals surface area contributed by atoms with Gasteiger partial charge in [0.05, 0.1) is 13.2 Å². The second kappa shape index (κ2) is 5.60. The van der Waals surface area contributed by atoms with Crippen LogP contribution in [0, 0.1) is 0 Å². The van der Waals surface area contributed by atoms with E-state index in [-0.39, 0.29) is 0 Å². The fourth-order valence-corrected chi connectivity index (χ4v) is 1.37. The highest BCUT2D eigenvalue weighted by Gasteiger charge is 2.08. The molecular weight excluding hydrogens is 180 g/mol. The van der Waals surface area contributed by atoms with E-state index in [4.69, 9.17) is 4.74 Å². The second-order valence-corrected chi connectivity index (χ2v) is 3.34. The molecule has 1 fully saturated rings. The first-order valence-corrected chi connectivity index (χ1v) is 4.99. The van der Waals surface area contributed by atoms with Crippen LogP contribution in [0.5, 0.6) is 0 Å². The van der Waals surface area contributed by atoms with E-state index in [1.807, 2.05) is 0 Å². The Hall–Kier alpha value is -0.0100. The Morgan fingerprint density at radius 2 is 2.17 bits per heavy atom. The SMILES string of the molecule is O=S([O-])NCCN1CCOCC1. The van der Waals surface area contributed by atoms with Crippen molar-refractivity contribution >= 4 is 11.3 Å². The van der Waals surface area contributed by atoms with E-state index in [0.29, 0.717) is 6.54 Å². The fraction of sp³-hybridized carbons (Fsp3) is 1.00. The fourth-order valence-electron chi connectivity index (χ4n) is 1.11. The molecule has 0 aliphatic carbocycles. The van der Waals surface area contributed by atoms with Gasteiger partial charge in [0.1, 0.15) is 0 Å². The van der Waals surface area contributed by atoms with Gasteiger partial charge in [-0.1, -0.05) is 0 Å². The van der Waals surface area contributed by atoms with Crippen LogP contribution in [0.15, 0.2) is 0 Å². The van der Waals surface area contributed by atoms with Crippen LogP contribution in [0.4, 0.5) is 0 Å². The molecule has 1 saturated heterocycles. The van der Waals surface area contributed by atoms with Gasteiger partial charge in [-0.25, -0.2) is 4.72 Å². The van der Waals surface area contributed by atoms with Gasteiger partial charge in [-0.15, -0.1) is 0 Å². The van der Waals surface area contributed by atoms with Gasteiger partial charge >= 0.3 is 0 Å². The molecule has 6 heteroatoms. The van der Waals surface area contributed by atoms with Crippen LogP contribution in [-0.2, 0) is 16.0 Å². The predicted octanol–water partition coefficient (Wildman–Crippen LogP) is -1.30. The molecule has 1 unspecified atom stereocenters. The molecule has 5 nitrogen and oxygen atoms in total. The molecule has 0 saturated carbocycles. The molecule has 1 aliphatic rings. The second-order valence-electron chi connectivity index (χ2n) is 2.58. The first-order chi connectivity index (χ1) is 5.79. The third kappa shape index (κ3) is 4.13. The summed E-state index contributed by atoms with van der Waals surface area (Å²) in [6, 6.07) is 0. The summed E-state index contributed by atoms with van der Waals surface area (Å²) in [5.74, 6) is 0. The first kappa shape index (κ1) is 10.1. The minimum atomic E-state index is -2.13. The zero-order valence-corrected chi connectivity index (χ0v) is 7.64. The summed E-state index contributed by atoms with van der Waals surface area (Å²) in [6.45, 7) is 4.54. The molecule has 1 atom stereocenters. The molecule has 0 radical (unpaired) electrons. The number of hydrogen-bond acceptors (Lipinski definition) is 4. The van der Waals surface area contributed by atoms with Gasteiger partial charge in [-0.05, 0) is 0 Å². The maximum atomic E-state index is 10.1. The van der Waals surface area contributed by atoms with Crippen LogP contribution in [0.2, 0.25) is 0 Å². The molecule has 0 aromatic carbocycles. The molecule has 1 N–H and O–H groups in total. The lowest BCUT2D eigenvalue weighted by atomic mass is 10.4. The van der Waals surface area contributed by atoms with E-state index >= 15 is 0 Å². The monoisotopic (exact) mass is 193 g/mol. The lowest BCUT2D eigenvalue weighted by Crippen LogP contribution is -2.40. The smallest absolute Gasteiger partial charge is 0.0594 e. The molecule has 0 bridgehead atoms. The van der Waals surface area contributed by atoms with Crippen LogP contribution < -0.4 is 4.72 Å². The summed E-state index contributed by atoms with van der Waals surface area (Å²) in [7, 11) is 0. The first-order valence-electron chi connectivity index (χ1n) is 3.92. The van der Waals surface area contributed by atoms with Gasteiger partial charge in [0.2, 0.25) is 0 Å². The maximum Gasteiger partial charge on any atom is 0.0594 e. The molecule has 0 spiro atoms. The van der Waals surface area contributed by atoms with E-state index in [0.717, 1.165) is 32.8 Å². The average molecular weight is 193 g/mol. The number of ether oxygens (including phenoxy) is 1. The summed E-state index contributed by atoms with van der Waals surface area (Å²) in [5, 5.41) is 0. The van der Waals surface area contributed by atoms with Gasteiger partial charge in [0.25, 0.3) is 0 Å². The molecule has 0 amide bonds. The lowest BCUT2D eigenvalue weighted by Gasteiger charge is -2.26. The van der Waals surface area contributed by atoms with Gasteiger partial charge < -0.3 is 9.29 Å². The molecule has 1 rings (SSSR count). The summed E-state index contributed by atoms with van der Waals surface area (Å²) >= 11 is -2.13. The predicted molar refractivity (Wildman–Crippen MR) is 44.2 cm³/mol. The number of rotatable bonds is 4. The average Bonchev–Trinajstić information content (AvgIpc) is 2.05. The lowest BCUT2D eigenvalue weighted by molar-refractivity contribution is 0.0390. The highest BCUT2D eigenvalue weighted by atomic mass is 32.2. The molecule has 1 heterocycles. The Morgan fingerprint density at radius 1 is 1.50 bits per heavy atom. The molecule has 1 aliphatic heterocycles. The topological polar surface area (TPSA) is 64.6 Å². The minimum absolute atomic E-state index is 0.482. The molecule has 12 heavy (non-hydrogen) atoms. The zero-order chi connectivity index (χ0) is 8.81. The minimum Gasteiger partial charge on any atom is -0.760 e. The number of morpholine rings is 1. The third-order valence-electron chi connectivity index (χ3n) is 1.75. The van der Waals surface area contributed by atoms with E-state index in [1.165, 1.54) is 0 Å². The maximum absolute atomic E-state index is 10.1. The Bertz CT molecular complexity index is 150. The number of hydrogen-bond donors (Lipinski definition) is 1. The standard InChI is InChI=1S/C6H14N2O3S/c9-12(10)7-1-2-8-3-5-11-6-4-8/h7H,1-6H2,(H,9,10)/p-1. The largest absolute Gasteiger partial charge is 0.760 e. The van der Waals surface area contributed by atoms with Crippen molar-refractivity contribution in [3.8, 4) is 0 Å². The van der Waals surface area contributed by atoms with Crippen molar-refractivity contribution in [2.24, 2.45) is 0 Å². The highest BCUT2D eigenvalue weighted by Crippen LogP contribution is 1.94. The number of nitrogens with zero attached hydrogens (tertiary/aromatic N) is 1. The van der Waals surface area contributed by atoms with Crippen molar-refractivity contribution in [2.45, 2.75) is 0 Å². The Kier molecular flexibility index (Phi) is 4.70. The summed E-state index contributed by atoms with van der Waals surface area (Å²) in [5.41, 5.74) is 0. The van der Waals surface area contributed by atoms with Crippen molar-refractivity contribution < 1.29 is 13.5 Å². The third-order valence-corrected chi connectivity index (χ3v) is 2.19. The zero-order valence-electron chi connectivity index (χ0n) is 6.82. The molecule has 0 aromatic heterocycles. The quantitative estimate of drug-likeness (QED) is 0.564. The Labute approximate surface area is 74.5 Å². The normalized spacial score (nSPS) is 22.4. The Morgan fingerprint density at radius 3 is 2.75 bits per heavy atom. The van der Waals surface area contributed by atoms with E-state index in [9.17, 15) is 8.76 Å². The van der Waals surface area contributed by atoms with Crippen LogP contribution in [0.3, 0.4) is 0 Å². The van der Waals surface area contributed by atoms with Crippen molar-refractivity contribution in [1.29, 1.82) is 0 Å². The van der Waals surface area contributed by atoms with E-state index < -0.39 is 11.3 Å². The molecular formula is C6H13N2O3S-. The van der Waals surface area contributed by atoms with Crippen LogP contribution in [0.1, 0.15) is 0 Å². The summed E-state index contributed by atoms with van der Waals surface area (Å²) in [6.07, 6.45) is 0. The van der Waals surface area contributed by atoms with Crippen molar-refractivity contribution in [1.82, 2.24) is 9.62 Å². The van der Waals surface area contributed by atoms with Crippen molar-refractivity contribution in [2.75, 3.05) is 39.4 Å². The number of nitrogens with one attached hydrogen (secondary N) is 1. The van der Waals surface area contributed by atoms with Crippen LogP contribution in [-0.4, -0.2) is 53.1 Å². The van der Waals surface area contributed by atoms with Gasteiger partial charge in [0.15, 0.2) is 0 Å². The summed E-state index contributed by atoms with van der Waals surface area (Å²) in [4.78, 5) is 2.17. The van der Waals surface area contributed by atoms with Crippen molar-refractivity contribution in [3.63, 3.8) is 0 Å². The van der Waals surface area contributed by atoms with E-state index in [2.05, 4.69) is 9.62 Å². The summed E-state index contributed by atoms with van der Waals surface area (Å²) < 4.78 is 27.6. The van der Waals surface area contributed by atoms with Gasteiger partial charge in [-0.3, -0.25) is 9.11 Å². The van der Waals surface area contributed by atoms with E-state index in [1.54, 1.807) is 0 Å². The van der Waals surface area contributed by atoms with Crippen LogP contribution in [0.25, 0.3) is 0 Å².